The smallest absolute Gasteiger partial charge is 0.315 e. The number of hydrogen-bond acceptors (Lipinski definition) is 3. The maximum absolute atomic E-state index is 12.1. The van der Waals surface area contributed by atoms with Crippen molar-refractivity contribution in [2.75, 3.05) is 0 Å². The average Bonchev–Trinajstić information content (AvgIpc) is 3.08. The second-order valence-electron chi connectivity index (χ2n) is 4.54. The Morgan fingerprint density at radius 1 is 1.43 bits per heavy atom. The molecule has 0 N–H and O–H groups in total. The summed E-state index contributed by atoms with van der Waals surface area (Å²) in [6.45, 7) is 2.93. The average molecular weight is 365 g/mol. The molecule has 1 amide bonds. The minimum absolute atomic E-state index is 0.261. The van der Waals surface area contributed by atoms with Crippen molar-refractivity contribution in [3.05, 3.63) is 51.6 Å². The zero-order valence-electron chi connectivity index (χ0n) is 11.4. The number of furan rings is 1. The summed E-state index contributed by atoms with van der Waals surface area (Å²) >= 11 is 4.98. The van der Waals surface area contributed by atoms with Gasteiger partial charge in [0.25, 0.3) is 0 Å². The Kier molecular flexibility index (Phi) is 4.07. The number of halogens is 1. The molecule has 2 aromatic heterocycles. The van der Waals surface area contributed by atoms with Crippen molar-refractivity contribution in [1.29, 1.82) is 0 Å². The first-order valence-electron chi connectivity index (χ1n) is 6.60. The highest BCUT2D eigenvalue weighted by molar-refractivity contribution is 9.10. The highest BCUT2D eigenvalue weighted by Gasteiger charge is 2.10. The molecule has 0 radical (unpaired) electrons. The van der Waals surface area contributed by atoms with E-state index in [2.05, 4.69) is 32.4 Å². The molecule has 1 aromatic carbocycles. The van der Waals surface area contributed by atoms with Gasteiger partial charge in [-0.15, -0.1) is 0 Å². The molecule has 0 aliphatic rings. The number of carbonyl (C=O) groups excluding carboxylic acids is 1. The molecule has 21 heavy (non-hydrogen) atoms. The number of fused-ring (bicyclic) bond motifs is 1. The lowest BCUT2D eigenvalue weighted by molar-refractivity contribution is 0.0971. The summed E-state index contributed by atoms with van der Waals surface area (Å²) in [7, 11) is 0. The van der Waals surface area contributed by atoms with Gasteiger partial charge in [0.2, 0.25) is 0 Å². The number of rotatable bonds is 3. The van der Waals surface area contributed by atoms with E-state index in [1.54, 1.807) is 12.1 Å². The SMILES string of the molecule is CCCn1c(=NC(=O)c2ccco2)sc2cc(Br)ccc21. The van der Waals surface area contributed by atoms with Crippen molar-refractivity contribution in [3.8, 4) is 0 Å². The molecule has 0 bridgehead atoms. The van der Waals surface area contributed by atoms with Crippen molar-refractivity contribution in [3.63, 3.8) is 0 Å². The van der Waals surface area contributed by atoms with Crippen LogP contribution in [0.2, 0.25) is 0 Å². The third kappa shape index (κ3) is 2.87. The minimum atomic E-state index is -0.351. The Balaban J connectivity index is 2.16. The van der Waals surface area contributed by atoms with E-state index in [1.165, 1.54) is 17.6 Å². The molecule has 0 saturated carbocycles. The van der Waals surface area contributed by atoms with Crippen molar-refractivity contribution in [2.24, 2.45) is 4.99 Å². The van der Waals surface area contributed by atoms with Crippen LogP contribution in [0.4, 0.5) is 0 Å². The summed E-state index contributed by atoms with van der Waals surface area (Å²) in [5.41, 5.74) is 1.09. The fourth-order valence-electron chi connectivity index (χ4n) is 2.11. The first-order chi connectivity index (χ1) is 10.2. The van der Waals surface area contributed by atoms with Gasteiger partial charge in [-0.3, -0.25) is 4.79 Å². The van der Waals surface area contributed by atoms with E-state index >= 15 is 0 Å². The molecular weight excluding hydrogens is 352 g/mol. The molecule has 3 rings (SSSR count). The molecule has 3 aromatic rings. The minimum Gasteiger partial charge on any atom is -0.459 e. The summed E-state index contributed by atoms with van der Waals surface area (Å²) in [6.07, 6.45) is 2.45. The zero-order valence-corrected chi connectivity index (χ0v) is 13.8. The second-order valence-corrected chi connectivity index (χ2v) is 6.47. The molecule has 2 heterocycles. The number of carbonyl (C=O) groups is 1. The topological polar surface area (TPSA) is 47.5 Å². The molecule has 0 aliphatic heterocycles. The second kappa shape index (κ2) is 5.99. The number of amides is 1. The highest BCUT2D eigenvalue weighted by Crippen LogP contribution is 2.22. The summed E-state index contributed by atoms with van der Waals surface area (Å²) < 4.78 is 9.30. The molecule has 4 nitrogen and oxygen atoms in total. The number of benzene rings is 1. The van der Waals surface area contributed by atoms with Gasteiger partial charge in [-0.25, -0.2) is 0 Å². The summed E-state index contributed by atoms with van der Waals surface area (Å²) in [5.74, 6) is -0.0906. The van der Waals surface area contributed by atoms with E-state index in [4.69, 9.17) is 4.42 Å². The van der Waals surface area contributed by atoms with Gasteiger partial charge in [0.1, 0.15) is 0 Å². The van der Waals surface area contributed by atoms with Crippen LogP contribution in [0.5, 0.6) is 0 Å². The van der Waals surface area contributed by atoms with Crippen LogP contribution in [0.15, 0.2) is 50.5 Å². The van der Waals surface area contributed by atoms with Crippen LogP contribution >= 0.6 is 27.3 Å². The van der Waals surface area contributed by atoms with E-state index in [0.717, 1.165) is 27.7 Å². The fourth-order valence-corrected chi connectivity index (χ4v) is 3.72. The standard InChI is InChI=1S/C15H13BrN2O2S/c1-2-7-18-11-6-5-10(16)9-13(11)21-15(18)17-14(19)12-4-3-8-20-12/h3-6,8-9H,2,7H2,1H3. The lowest BCUT2D eigenvalue weighted by atomic mass is 10.3. The van der Waals surface area contributed by atoms with Gasteiger partial charge < -0.3 is 8.98 Å². The van der Waals surface area contributed by atoms with Crippen molar-refractivity contribution in [1.82, 2.24) is 4.57 Å². The molecule has 0 unspecified atom stereocenters. The number of aryl methyl sites for hydroxylation is 1. The van der Waals surface area contributed by atoms with Crippen LogP contribution in [0, 0.1) is 0 Å². The maximum atomic E-state index is 12.1. The molecular formula is C15H13BrN2O2S. The van der Waals surface area contributed by atoms with Crippen LogP contribution in [0.3, 0.4) is 0 Å². The number of nitrogens with zero attached hydrogens (tertiary/aromatic N) is 2. The zero-order chi connectivity index (χ0) is 14.8. The predicted octanol–water partition coefficient (Wildman–Crippen LogP) is 4.21. The third-order valence-corrected chi connectivity index (χ3v) is 4.56. The normalized spacial score (nSPS) is 12.2. The number of hydrogen-bond donors (Lipinski definition) is 0. The molecule has 0 aliphatic carbocycles. The largest absolute Gasteiger partial charge is 0.459 e. The van der Waals surface area contributed by atoms with Gasteiger partial charge in [-0.1, -0.05) is 34.2 Å². The molecule has 0 saturated heterocycles. The van der Waals surface area contributed by atoms with Gasteiger partial charge in [-0.05, 0) is 36.8 Å². The summed E-state index contributed by atoms with van der Waals surface area (Å²) in [6, 6.07) is 9.40. The Bertz CT molecular complexity index is 846. The first-order valence-corrected chi connectivity index (χ1v) is 8.21. The number of thiazole rings is 1. The van der Waals surface area contributed by atoms with Crippen molar-refractivity contribution in [2.45, 2.75) is 19.9 Å². The molecule has 6 heteroatoms. The lowest BCUT2D eigenvalue weighted by Crippen LogP contribution is -2.16. The predicted molar refractivity (Wildman–Crippen MR) is 86.4 cm³/mol. The lowest BCUT2D eigenvalue weighted by Gasteiger charge is -2.02. The Morgan fingerprint density at radius 2 is 2.29 bits per heavy atom. The monoisotopic (exact) mass is 364 g/mol. The van der Waals surface area contributed by atoms with Crippen LogP contribution < -0.4 is 4.80 Å². The van der Waals surface area contributed by atoms with Gasteiger partial charge in [-0.2, -0.15) is 4.99 Å². The van der Waals surface area contributed by atoms with Crippen LogP contribution in [0.1, 0.15) is 23.9 Å². The van der Waals surface area contributed by atoms with Gasteiger partial charge in [0.15, 0.2) is 10.6 Å². The quantitative estimate of drug-likeness (QED) is 0.698. The third-order valence-electron chi connectivity index (χ3n) is 3.02. The Hall–Kier alpha value is -1.66. The van der Waals surface area contributed by atoms with E-state index in [0.29, 0.717) is 4.80 Å². The molecule has 0 spiro atoms. The fraction of sp³-hybridized carbons (Fsp3) is 0.200. The van der Waals surface area contributed by atoms with E-state index < -0.39 is 0 Å². The van der Waals surface area contributed by atoms with Crippen molar-refractivity contribution < 1.29 is 9.21 Å². The van der Waals surface area contributed by atoms with Gasteiger partial charge in [0.05, 0.1) is 16.5 Å². The molecule has 108 valence electrons. The highest BCUT2D eigenvalue weighted by atomic mass is 79.9. The molecule has 0 atom stereocenters. The van der Waals surface area contributed by atoms with Crippen LogP contribution in [-0.2, 0) is 6.54 Å². The molecule has 0 fully saturated rings. The van der Waals surface area contributed by atoms with Crippen LogP contribution in [-0.4, -0.2) is 10.5 Å². The van der Waals surface area contributed by atoms with E-state index in [1.807, 2.05) is 18.2 Å². The van der Waals surface area contributed by atoms with Gasteiger partial charge >= 0.3 is 5.91 Å². The first kappa shape index (κ1) is 14.3. The Morgan fingerprint density at radius 3 is 3.00 bits per heavy atom. The van der Waals surface area contributed by atoms with E-state index in [9.17, 15) is 4.79 Å². The van der Waals surface area contributed by atoms with Crippen LogP contribution in [0.25, 0.3) is 10.2 Å². The van der Waals surface area contributed by atoms with E-state index in [-0.39, 0.29) is 11.7 Å². The maximum Gasteiger partial charge on any atom is 0.315 e. The summed E-state index contributed by atoms with van der Waals surface area (Å²) in [5, 5.41) is 0. The van der Waals surface area contributed by atoms with Crippen molar-refractivity contribution >= 4 is 43.4 Å². The number of aromatic nitrogens is 1. The van der Waals surface area contributed by atoms with Gasteiger partial charge in [0, 0.05) is 11.0 Å². The Labute approximate surface area is 133 Å². The summed E-state index contributed by atoms with van der Waals surface area (Å²) in [4.78, 5) is 17.0.